The van der Waals surface area contributed by atoms with Crippen LogP contribution in [0.25, 0.3) is 32.9 Å². The first-order valence-corrected chi connectivity index (χ1v) is 11.7. The number of fused-ring (bicyclic) bond motifs is 2. The quantitative estimate of drug-likeness (QED) is 0.437. The van der Waals surface area contributed by atoms with E-state index >= 15 is 0 Å². The topological polar surface area (TPSA) is 51.7 Å². The van der Waals surface area contributed by atoms with Crippen LogP contribution < -0.4 is 0 Å². The molecule has 0 atom stereocenters. The molecule has 4 aromatic rings. The second-order valence-corrected chi connectivity index (χ2v) is 8.84. The fourth-order valence-corrected chi connectivity index (χ4v) is 5.13. The summed E-state index contributed by atoms with van der Waals surface area (Å²) in [4.78, 5) is 20.6. The molecule has 2 fully saturated rings. The zero-order valence-corrected chi connectivity index (χ0v) is 18.4. The molecular weight excluding hydrogens is 412 g/mol. The molecule has 5 nitrogen and oxygen atoms in total. The monoisotopic (exact) mass is 438 g/mol. The summed E-state index contributed by atoms with van der Waals surface area (Å²) in [5.74, 6) is 0.429. The third-order valence-corrected chi connectivity index (χ3v) is 6.87. The number of rotatable bonds is 3. The van der Waals surface area contributed by atoms with Crippen LogP contribution in [-0.4, -0.2) is 48.4 Å². The van der Waals surface area contributed by atoms with Crippen LogP contribution >= 0.6 is 0 Å². The number of nitrogens with zero attached hydrogens (tertiary/aromatic N) is 2. The Balaban J connectivity index is 1.37. The summed E-state index contributed by atoms with van der Waals surface area (Å²) < 4.78 is 11.4. The fraction of sp³-hybridized carbons (Fsp3) is 0.286. The van der Waals surface area contributed by atoms with Gasteiger partial charge < -0.3 is 14.4 Å². The molecule has 0 N–H and O–H groups in total. The van der Waals surface area contributed by atoms with Gasteiger partial charge in [0.1, 0.15) is 0 Å². The average molecular weight is 439 g/mol. The summed E-state index contributed by atoms with van der Waals surface area (Å²) in [5.41, 5.74) is 3.43. The van der Waals surface area contributed by atoms with Crippen molar-refractivity contribution in [1.82, 2.24) is 9.88 Å². The molecule has 2 saturated heterocycles. The van der Waals surface area contributed by atoms with E-state index in [1.165, 1.54) is 0 Å². The molecule has 3 aromatic carbocycles. The molecule has 0 radical (unpaired) electrons. The van der Waals surface area contributed by atoms with E-state index in [0.29, 0.717) is 32.2 Å². The number of piperidine rings is 1. The van der Waals surface area contributed by atoms with Gasteiger partial charge in [-0.3, -0.25) is 4.79 Å². The van der Waals surface area contributed by atoms with Crippen molar-refractivity contribution in [2.24, 2.45) is 5.92 Å². The molecule has 0 unspecified atom stereocenters. The number of ether oxygens (including phenoxy) is 2. The van der Waals surface area contributed by atoms with Crippen LogP contribution in [0.3, 0.4) is 0 Å². The SMILES string of the molecule is O=C(c1cc(-c2cccc3ccccc23)nc2ccccc12)N1CCC(C2OCCO2)CC1. The van der Waals surface area contributed by atoms with Gasteiger partial charge in [-0.15, -0.1) is 0 Å². The Morgan fingerprint density at radius 2 is 1.55 bits per heavy atom. The summed E-state index contributed by atoms with van der Waals surface area (Å²) in [6.45, 7) is 2.77. The first-order chi connectivity index (χ1) is 16.3. The number of carbonyl (C=O) groups is 1. The Hall–Kier alpha value is -3.28. The highest BCUT2D eigenvalue weighted by Crippen LogP contribution is 2.32. The van der Waals surface area contributed by atoms with Gasteiger partial charge in [-0.05, 0) is 35.7 Å². The maximum absolute atomic E-state index is 13.7. The van der Waals surface area contributed by atoms with Crippen LogP contribution in [0.1, 0.15) is 23.2 Å². The highest BCUT2D eigenvalue weighted by atomic mass is 16.7. The molecule has 3 heterocycles. The maximum Gasteiger partial charge on any atom is 0.254 e. The van der Waals surface area contributed by atoms with Crippen molar-refractivity contribution in [3.8, 4) is 11.3 Å². The highest BCUT2D eigenvalue weighted by molar-refractivity contribution is 6.08. The van der Waals surface area contributed by atoms with Crippen LogP contribution in [0.15, 0.2) is 72.8 Å². The Morgan fingerprint density at radius 1 is 0.848 bits per heavy atom. The maximum atomic E-state index is 13.7. The number of pyridine rings is 1. The predicted molar refractivity (Wildman–Crippen MR) is 129 cm³/mol. The van der Waals surface area contributed by atoms with Crippen molar-refractivity contribution in [1.29, 1.82) is 0 Å². The zero-order valence-electron chi connectivity index (χ0n) is 18.4. The van der Waals surface area contributed by atoms with Crippen molar-refractivity contribution in [3.05, 3.63) is 78.4 Å². The van der Waals surface area contributed by atoms with Crippen LogP contribution in [-0.2, 0) is 9.47 Å². The summed E-state index contributed by atoms with van der Waals surface area (Å²) in [6, 6.07) is 24.4. The van der Waals surface area contributed by atoms with E-state index in [-0.39, 0.29) is 12.2 Å². The first-order valence-electron chi connectivity index (χ1n) is 11.7. The Morgan fingerprint density at radius 3 is 2.36 bits per heavy atom. The lowest BCUT2D eigenvalue weighted by Gasteiger charge is -2.34. The third-order valence-electron chi connectivity index (χ3n) is 6.87. The van der Waals surface area contributed by atoms with Gasteiger partial charge in [0.25, 0.3) is 5.91 Å². The van der Waals surface area contributed by atoms with Crippen LogP contribution in [0, 0.1) is 5.92 Å². The Labute approximate surface area is 192 Å². The smallest absolute Gasteiger partial charge is 0.254 e. The normalized spacial score (nSPS) is 17.8. The molecule has 5 heteroatoms. The van der Waals surface area contributed by atoms with Crippen molar-refractivity contribution >= 4 is 27.6 Å². The molecule has 2 aliphatic heterocycles. The van der Waals surface area contributed by atoms with Gasteiger partial charge in [-0.1, -0.05) is 60.7 Å². The van der Waals surface area contributed by atoms with E-state index in [0.717, 1.165) is 51.3 Å². The fourth-order valence-electron chi connectivity index (χ4n) is 5.13. The highest BCUT2D eigenvalue weighted by Gasteiger charge is 2.32. The third kappa shape index (κ3) is 3.77. The average Bonchev–Trinajstić information content (AvgIpc) is 3.42. The van der Waals surface area contributed by atoms with Crippen LogP contribution in [0.4, 0.5) is 0 Å². The second-order valence-electron chi connectivity index (χ2n) is 8.84. The minimum absolute atomic E-state index is 0.0711. The Bertz CT molecular complexity index is 1320. The van der Waals surface area contributed by atoms with E-state index < -0.39 is 0 Å². The first kappa shape index (κ1) is 20.3. The number of aromatic nitrogens is 1. The lowest BCUT2D eigenvalue weighted by molar-refractivity contribution is -0.0956. The Kier molecular flexibility index (Phi) is 5.29. The van der Waals surface area contributed by atoms with E-state index in [2.05, 4.69) is 24.3 Å². The van der Waals surface area contributed by atoms with Crippen molar-refractivity contribution in [3.63, 3.8) is 0 Å². The summed E-state index contributed by atoms with van der Waals surface area (Å²) in [5, 5.41) is 3.20. The van der Waals surface area contributed by atoms with Gasteiger partial charge in [-0.2, -0.15) is 0 Å². The van der Waals surface area contributed by atoms with Crippen LogP contribution in [0.2, 0.25) is 0 Å². The number of amides is 1. The van der Waals surface area contributed by atoms with Gasteiger partial charge in [0, 0.05) is 30.0 Å². The van der Waals surface area contributed by atoms with Crippen LogP contribution in [0.5, 0.6) is 0 Å². The lowest BCUT2D eigenvalue weighted by Crippen LogP contribution is -2.41. The number of para-hydroxylation sites is 1. The van der Waals surface area contributed by atoms with Gasteiger partial charge >= 0.3 is 0 Å². The summed E-state index contributed by atoms with van der Waals surface area (Å²) >= 11 is 0. The molecule has 2 aliphatic rings. The van der Waals surface area contributed by atoms with Gasteiger partial charge in [-0.25, -0.2) is 4.98 Å². The molecular formula is C28H26N2O3. The molecule has 0 spiro atoms. The van der Waals surface area contributed by atoms with Gasteiger partial charge in [0.15, 0.2) is 6.29 Å². The number of hydrogen-bond donors (Lipinski definition) is 0. The molecule has 0 aliphatic carbocycles. The molecule has 1 aromatic heterocycles. The van der Waals surface area contributed by atoms with Crippen molar-refractivity contribution in [2.75, 3.05) is 26.3 Å². The predicted octanol–water partition coefficient (Wildman–Crippen LogP) is 5.28. The van der Waals surface area contributed by atoms with E-state index in [4.69, 9.17) is 14.5 Å². The largest absolute Gasteiger partial charge is 0.350 e. The molecule has 6 rings (SSSR count). The minimum Gasteiger partial charge on any atom is -0.350 e. The van der Waals surface area contributed by atoms with E-state index in [1.807, 2.05) is 53.4 Å². The number of hydrogen-bond acceptors (Lipinski definition) is 4. The van der Waals surface area contributed by atoms with Crippen molar-refractivity contribution < 1.29 is 14.3 Å². The number of carbonyl (C=O) groups excluding carboxylic acids is 1. The molecule has 1 amide bonds. The number of benzene rings is 3. The van der Waals surface area contributed by atoms with Gasteiger partial charge in [0.05, 0.1) is 30.0 Å². The molecule has 33 heavy (non-hydrogen) atoms. The van der Waals surface area contributed by atoms with E-state index in [9.17, 15) is 4.79 Å². The standard InChI is InChI=1S/C28H26N2O3/c31-27(30-14-12-20(13-15-30)28-32-16-17-33-28)24-18-26(29-25-11-4-3-9-23(24)25)22-10-5-7-19-6-1-2-8-21(19)22/h1-11,18,20,28H,12-17H2. The zero-order chi connectivity index (χ0) is 22.2. The summed E-state index contributed by atoms with van der Waals surface area (Å²) in [6.07, 6.45) is 1.69. The second kappa shape index (κ2) is 8.58. The molecule has 0 saturated carbocycles. The van der Waals surface area contributed by atoms with Crippen molar-refractivity contribution in [2.45, 2.75) is 19.1 Å². The summed E-state index contributed by atoms with van der Waals surface area (Å²) in [7, 11) is 0. The molecule has 0 bridgehead atoms. The lowest BCUT2D eigenvalue weighted by atomic mass is 9.94. The molecule has 166 valence electrons. The van der Waals surface area contributed by atoms with Gasteiger partial charge in [0.2, 0.25) is 0 Å². The van der Waals surface area contributed by atoms with E-state index in [1.54, 1.807) is 0 Å². The number of likely N-dealkylation sites (tertiary alicyclic amines) is 1. The minimum atomic E-state index is -0.109.